The SMILES string of the molecule is C=Cc1ccccc1/C=C/C1=C(/C=C\c2ccc(-c3cc4c(o3)c3ccccc3n4-c3ccccc3)cc2)CCC=C1. The van der Waals surface area contributed by atoms with Crippen LogP contribution < -0.4 is 0 Å². The maximum Gasteiger partial charge on any atom is 0.160 e. The number of allylic oxidation sites excluding steroid dienone is 6. The summed E-state index contributed by atoms with van der Waals surface area (Å²) in [5.41, 5.74) is 11.4. The van der Waals surface area contributed by atoms with Gasteiger partial charge in [0, 0.05) is 22.7 Å². The van der Waals surface area contributed by atoms with Crippen LogP contribution in [0.4, 0.5) is 0 Å². The van der Waals surface area contributed by atoms with Crippen molar-refractivity contribution in [2.45, 2.75) is 12.8 Å². The average molecular weight is 542 g/mol. The molecule has 4 aromatic carbocycles. The molecule has 1 aliphatic carbocycles. The third-order valence-electron chi connectivity index (χ3n) is 7.94. The molecule has 0 spiro atoms. The topological polar surface area (TPSA) is 18.1 Å². The summed E-state index contributed by atoms with van der Waals surface area (Å²) in [6, 6.07) is 38.0. The molecule has 0 saturated carbocycles. The van der Waals surface area contributed by atoms with Gasteiger partial charge >= 0.3 is 0 Å². The quantitative estimate of drug-likeness (QED) is 0.197. The number of hydrogen-bond donors (Lipinski definition) is 0. The molecule has 7 rings (SSSR count). The van der Waals surface area contributed by atoms with Crippen molar-refractivity contribution in [1.29, 1.82) is 0 Å². The number of aromatic nitrogens is 1. The Kier molecular flexibility index (Phi) is 6.87. The molecule has 42 heavy (non-hydrogen) atoms. The highest BCUT2D eigenvalue weighted by atomic mass is 16.3. The summed E-state index contributed by atoms with van der Waals surface area (Å²) in [5.74, 6) is 0.873. The molecule has 2 aromatic heterocycles. The van der Waals surface area contributed by atoms with Gasteiger partial charge in [-0.05, 0) is 64.9 Å². The Bertz CT molecular complexity index is 2020. The van der Waals surface area contributed by atoms with E-state index in [-0.39, 0.29) is 0 Å². The van der Waals surface area contributed by atoms with Crippen LogP contribution in [0, 0.1) is 0 Å². The van der Waals surface area contributed by atoms with Crippen molar-refractivity contribution >= 4 is 40.2 Å². The predicted molar refractivity (Wildman–Crippen MR) is 178 cm³/mol. The van der Waals surface area contributed by atoms with Crippen LogP contribution in [0.5, 0.6) is 0 Å². The van der Waals surface area contributed by atoms with Gasteiger partial charge in [-0.25, -0.2) is 0 Å². The molecular weight excluding hydrogens is 510 g/mol. The summed E-state index contributed by atoms with van der Waals surface area (Å²) in [6.45, 7) is 3.95. The number of nitrogens with zero attached hydrogens (tertiary/aromatic N) is 1. The summed E-state index contributed by atoms with van der Waals surface area (Å²) in [4.78, 5) is 0. The normalized spacial score (nSPS) is 13.7. The van der Waals surface area contributed by atoms with Crippen molar-refractivity contribution in [3.8, 4) is 17.0 Å². The van der Waals surface area contributed by atoms with E-state index in [9.17, 15) is 0 Å². The van der Waals surface area contributed by atoms with Crippen LogP contribution in [-0.4, -0.2) is 4.57 Å². The molecule has 0 saturated heterocycles. The number of para-hydroxylation sites is 2. The van der Waals surface area contributed by atoms with Gasteiger partial charge in [-0.3, -0.25) is 0 Å². The van der Waals surface area contributed by atoms with E-state index in [1.165, 1.54) is 16.7 Å². The standard InChI is InChI=1S/C40H31NO/c1-2-30-12-6-7-13-31(30)26-27-33-15-9-8-14-32(33)23-20-29-21-24-34(25-22-29)39-28-38-40(42-39)36-18-10-11-19-37(36)41(38)35-16-4-3-5-17-35/h2-7,9-13,15-28H,1,8,14H2/b23-20-,27-26+. The van der Waals surface area contributed by atoms with Crippen molar-refractivity contribution < 1.29 is 4.42 Å². The second-order valence-electron chi connectivity index (χ2n) is 10.6. The number of hydrogen-bond acceptors (Lipinski definition) is 1. The Morgan fingerprint density at radius 2 is 1.45 bits per heavy atom. The highest BCUT2D eigenvalue weighted by Gasteiger charge is 2.17. The summed E-state index contributed by atoms with van der Waals surface area (Å²) in [7, 11) is 0. The maximum absolute atomic E-state index is 6.49. The first kappa shape index (κ1) is 25.6. The minimum Gasteiger partial charge on any atom is -0.454 e. The van der Waals surface area contributed by atoms with Gasteiger partial charge < -0.3 is 8.98 Å². The molecule has 0 radical (unpaired) electrons. The van der Waals surface area contributed by atoms with Crippen LogP contribution in [0.3, 0.4) is 0 Å². The van der Waals surface area contributed by atoms with E-state index in [0.717, 1.165) is 63.0 Å². The van der Waals surface area contributed by atoms with Crippen molar-refractivity contribution in [2.24, 2.45) is 0 Å². The van der Waals surface area contributed by atoms with E-state index in [1.807, 2.05) is 18.2 Å². The summed E-state index contributed by atoms with van der Waals surface area (Å²) in [5, 5.41) is 1.12. The van der Waals surface area contributed by atoms with Crippen molar-refractivity contribution in [3.63, 3.8) is 0 Å². The van der Waals surface area contributed by atoms with Gasteiger partial charge in [0.1, 0.15) is 5.76 Å². The van der Waals surface area contributed by atoms with E-state index >= 15 is 0 Å². The van der Waals surface area contributed by atoms with Gasteiger partial charge in [0.05, 0.1) is 11.0 Å². The molecule has 2 heteroatoms. The first-order valence-corrected chi connectivity index (χ1v) is 14.4. The molecule has 6 aromatic rings. The van der Waals surface area contributed by atoms with Crippen molar-refractivity contribution in [1.82, 2.24) is 4.57 Å². The molecule has 0 atom stereocenters. The van der Waals surface area contributed by atoms with Gasteiger partial charge in [-0.2, -0.15) is 0 Å². The van der Waals surface area contributed by atoms with Crippen LogP contribution in [-0.2, 0) is 0 Å². The first-order valence-electron chi connectivity index (χ1n) is 14.4. The van der Waals surface area contributed by atoms with E-state index in [2.05, 4.69) is 145 Å². The van der Waals surface area contributed by atoms with Crippen molar-refractivity contribution in [2.75, 3.05) is 0 Å². The highest BCUT2D eigenvalue weighted by Crippen LogP contribution is 2.37. The lowest BCUT2D eigenvalue weighted by Gasteiger charge is -2.10. The molecule has 0 aliphatic heterocycles. The molecule has 2 heterocycles. The van der Waals surface area contributed by atoms with Crippen LogP contribution in [0.1, 0.15) is 29.5 Å². The molecule has 0 bridgehead atoms. The Balaban J connectivity index is 1.17. The second kappa shape index (κ2) is 11.3. The number of benzene rings is 4. The van der Waals surface area contributed by atoms with Gasteiger partial charge in [0.25, 0.3) is 0 Å². The first-order chi connectivity index (χ1) is 20.8. The van der Waals surface area contributed by atoms with E-state index < -0.39 is 0 Å². The Morgan fingerprint density at radius 1 is 0.690 bits per heavy atom. The van der Waals surface area contributed by atoms with Gasteiger partial charge in [0.15, 0.2) is 5.58 Å². The fourth-order valence-corrected chi connectivity index (χ4v) is 5.75. The lowest BCUT2D eigenvalue weighted by Crippen LogP contribution is -1.92. The van der Waals surface area contributed by atoms with Crippen LogP contribution in [0.15, 0.2) is 156 Å². The zero-order chi connectivity index (χ0) is 28.3. The van der Waals surface area contributed by atoms with Crippen LogP contribution in [0.25, 0.3) is 57.2 Å². The van der Waals surface area contributed by atoms with Crippen LogP contribution in [0.2, 0.25) is 0 Å². The smallest absolute Gasteiger partial charge is 0.160 e. The molecule has 0 fully saturated rings. The Hall–Kier alpha value is -5.34. The largest absolute Gasteiger partial charge is 0.454 e. The molecule has 0 unspecified atom stereocenters. The minimum atomic E-state index is 0.873. The van der Waals surface area contributed by atoms with E-state index in [1.54, 1.807) is 0 Å². The Labute approximate surface area is 246 Å². The minimum absolute atomic E-state index is 0.873. The fraction of sp³-hybridized carbons (Fsp3) is 0.0500. The van der Waals surface area contributed by atoms with Crippen LogP contribution >= 0.6 is 0 Å². The lowest BCUT2D eigenvalue weighted by molar-refractivity contribution is 0.635. The second-order valence-corrected chi connectivity index (χ2v) is 10.6. The monoisotopic (exact) mass is 541 g/mol. The predicted octanol–water partition coefficient (Wildman–Crippen LogP) is 11.1. The number of fused-ring (bicyclic) bond motifs is 3. The highest BCUT2D eigenvalue weighted by molar-refractivity contribution is 6.07. The maximum atomic E-state index is 6.49. The summed E-state index contributed by atoms with van der Waals surface area (Å²) < 4.78 is 8.77. The molecule has 0 amide bonds. The van der Waals surface area contributed by atoms with Crippen molar-refractivity contribution in [3.05, 3.63) is 168 Å². The third-order valence-corrected chi connectivity index (χ3v) is 7.94. The van der Waals surface area contributed by atoms with Gasteiger partial charge in [-0.1, -0.05) is 128 Å². The lowest BCUT2D eigenvalue weighted by atomic mass is 9.95. The molecule has 2 nitrogen and oxygen atoms in total. The van der Waals surface area contributed by atoms with Gasteiger partial charge in [-0.15, -0.1) is 0 Å². The zero-order valence-electron chi connectivity index (χ0n) is 23.4. The fourth-order valence-electron chi connectivity index (χ4n) is 5.75. The Morgan fingerprint density at radius 3 is 2.29 bits per heavy atom. The summed E-state index contributed by atoms with van der Waals surface area (Å²) in [6.07, 6.45) is 17.3. The molecule has 202 valence electrons. The third kappa shape index (κ3) is 4.88. The van der Waals surface area contributed by atoms with Gasteiger partial charge in [0.2, 0.25) is 0 Å². The molecule has 1 aliphatic rings. The summed E-state index contributed by atoms with van der Waals surface area (Å²) >= 11 is 0. The van der Waals surface area contributed by atoms with E-state index in [4.69, 9.17) is 4.42 Å². The zero-order valence-corrected chi connectivity index (χ0v) is 23.4. The number of rotatable bonds is 7. The molecular formula is C40H31NO. The molecule has 0 N–H and O–H groups in total. The number of furan rings is 1. The average Bonchev–Trinajstić information content (AvgIpc) is 3.61. The van der Waals surface area contributed by atoms with E-state index in [0.29, 0.717) is 0 Å².